The Balaban J connectivity index is 1.32. The van der Waals surface area contributed by atoms with Crippen molar-refractivity contribution in [3.63, 3.8) is 0 Å². The summed E-state index contributed by atoms with van der Waals surface area (Å²) in [6.45, 7) is 2.10. The topological polar surface area (TPSA) is 58.6 Å². The minimum Gasteiger partial charge on any atom is -0.375 e. The summed E-state index contributed by atoms with van der Waals surface area (Å²) in [7, 11) is 0. The molecule has 1 aromatic rings. The molecule has 22 heavy (non-hydrogen) atoms. The third-order valence-corrected chi connectivity index (χ3v) is 4.17. The Morgan fingerprint density at radius 2 is 2.05 bits per heavy atom. The number of carbonyl (C=O) groups excluding carboxylic acids is 2. The monoisotopic (exact) mass is 302 g/mol. The van der Waals surface area contributed by atoms with Gasteiger partial charge >= 0.3 is 0 Å². The molecule has 1 N–H and O–H groups in total. The number of hydrogen-bond acceptors (Lipinski definition) is 3. The summed E-state index contributed by atoms with van der Waals surface area (Å²) in [5, 5.41) is 2.87. The average Bonchev–Trinajstić information content (AvgIpc) is 3.30. The second-order valence-corrected chi connectivity index (χ2v) is 6.01. The Morgan fingerprint density at radius 3 is 2.77 bits per heavy atom. The van der Waals surface area contributed by atoms with Gasteiger partial charge in [-0.3, -0.25) is 9.59 Å². The van der Waals surface area contributed by atoms with Gasteiger partial charge in [0, 0.05) is 25.6 Å². The van der Waals surface area contributed by atoms with Crippen molar-refractivity contribution in [2.45, 2.75) is 31.9 Å². The first-order valence-electron chi connectivity index (χ1n) is 7.93. The number of amides is 2. The normalized spacial score (nSPS) is 21.2. The number of ether oxygens (including phenoxy) is 1. The third kappa shape index (κ3) is 3.85. The van der Waals surface area contributed by atoms with Crippen LogP contribution in [0, 0.1) is 5.92 Å². The predicted octanol–water partition coefficient (Wildman–Crippen LogP) is 1.33. The number of benzene rings is 1. The SMILES string of the molecule is O=C(NCCOCc1ccccc1)[C@@H]1CC(=O)N(C2CC2)C1. The second-order valence-electron chi connectivity index (χ2n) is 6.01. The first-order valence-corrected chi connectivity index (χ1v) is 7.93. The Hall–Kier alpha value is -1.88. The molecule has 0 radical (unpaired) electrons. The fraction of sp³-hybridized carbons (Fsp3) is 0.529. The maximum atomic E-state index is 12.1. The highest BCUT2D eigenvalue weighted by Crippen LogP contribution is 2.32. The molecule has 3 rings (SSSR count). The maximum absolute atomic E-state index is 12.1. The van der Waals surface area contributed by atoms with Crippen molar-refractivity contribution in [2.24, 2.45) is 5.92 Å². The minimum atomic E-state index is -0.192. The van der Waals surface area contributed by atoms with E-state index in [2.05, 4.69) is 5.32 Å². The van der Waals surface area contributed by atoms with Gasteiger partial charge in [0.2, 0.25) is 11.8 Å². The van der Waals surface area contributed by atoms with Crippen LogP contribution in [0.4, 0.5) is 0 Å². The van der Waals surface area contributed by atoms with Gasteiger partial charge in [0.05, 0.1) is 19.1 Å². The zero-order chi connectivity index (χ0) is 15.4. The van der Waals surface area contributed by atoms with Crippen LogP contribution < -0.4 is 5.32 Å². The quantitative estimate of drug-likeness (QED) is 0.773. The van der Waals surface area contributed by atoms with Gasteiger partial charge in [0.15, 0.2) is 0 Å². The molecule has 1 aromatic carbocycles. The lowest BCUT2D eigenvalue weighted by molar-refractivity contribution is -0.129. The average molecular weight is 302 g/mol. The number of likely N-dealkylation sites (tertiary alicyclic amines) is 1. The Labute approximate surface area is 130 Å². The first-order chi connectivity index (χ1) is 10.7. The highest BCUT2D eigenvalue weighted by molar-refractivity contribution is 5.89. The van der Waals surface area contributed by atoms with Gasteiger partial charge in [-0.2, -0.15) is 0 Å². The van der Waals surface area contributed by atoms with Crippen molar-refractivity contribution in [2.75, 3.05) is 19.7 Å². The van der Waals surface area contributed by atoms with E-state index in [-0.39, 0.29) is 17.7 Å². The zero-order valence-corrected chi connectivity index (χ0v) is 12.7. The molecule has 2 aliphatic rings. The number of rotatable bonds is 7. The van der Waals surface area contributed by atoms with Crippen molar-refractivity contribution in [3.8, 4) is 0 Å². The molecule has 5 heteroatoms. The highest BCUT2D eigenvalue weighted by atomic mass is 16.5. The largest absolute Gasteiger partial charge is 0.375 e. The van der Waals surface area contributed by atoms with E-state index in [0.717, 1.165) is 18.4 Å². The van der Waals surface area contributed by atoms with Crippen LogP contribution in [0.3, 0.4) is 0 Å². The summed E-state index contributed by atoms with van der Waals surface area (Å²) in [6, 6.07) is 10.3. The molecule has 2 fully saturated rings. The van der Waals surface area contributed by atoms with Crippen molar-refractivity contribution in [1.29, 1.82) is 0 Å². The van der Waals surface area contributed by atoms with Gasteiger partial charge in [-0.25, -0.2) is 0 Å². The predicted molar refractivity (Wildman–Crippen MR) is 81.9 cm³/mol. The Kier molecular flexibility index (Phi) is 4.73. The van der Waals surface area contributed by atoms with Crippen LogP contribution in [0.5, 0.6) is 0 Å². The molecular weight excluding hydrogens is 280 g/mol. The van der Waals surface area contributed by atoms with Gasteiger partial charge in [0.25, 0.3) is 0 Å². The lowest BCUT2D eigenvalue weighted by Gasteiger charge is -2.15. The van der Waals surface area contributed by atoms with Gasteiger partial charge in [-0.05, 0) is 18.4 Å². The second kappa shape index (κ2) is 6.92. The van der Waals surface area contributed by atoms with E-state index in [1.165, 1.54) is 0 Å². The van der Waals surface area contributed by atoms with Crippen molar-refractivity contribution in [3.05, 3.63) is 35.9 Å². The molecule has 1 atom stereocenters. The molecule has 0 aromatic heterocycles. The first kappa shape index (κ1) is 15.0. The molecule has 0 unspecified atom stereocenters. The smallest absolute Gasteiger partial charge is 0.225 e. The molecule has 1 heterocycles. The molecule has 118 valence electrons. The lowest BCUT2D eigenvalue weighted by atomic mass is 10.1. The van der Waals surface area contributed by atoms with Crippen LogP contribution in [0.2, 0.25) is 0 Å². The molecular formula is C17H22N2O3. The van der Waals surface area contributed by atoms with Crippen LogP contribution in [-0.4, -0.2) is 42.5 Å². The van der Waals surface area contributed by atoms with Gasteiger partial charge in [0.1, 0.15) is 0 Å². The molecule has 0 spiro atoms. The fourth-order valence-electron chi connectivity index (χ4n) is 2.80. The summed E-state index contributed by atoms with van der Waals surface area (Å²) in [4.78, 5) is 25.8. The van der Waals surface area contributed by atoms with Crippen LogP contribution in [-0.2, 0) is 20.9 Å². The molecule has 1 saturated heterocycles. The molecule has 2 amide bonds. The van der Waals surface area contributed by atoms with Crippen LogP contribution >= 0.6 is 0 Å². The van der Waals surface area contributed by atoms with Crippen molar-refractivity contribution >= 4 is 11.8 Å². The molecule has 5 nitrogen and oxygen atoms in total. The molecule has 0 bridgehead atoms. The van der Waals surface area contributed by atoms with E-state index < -0.39 is 0 Å². The van der Waals surface area contributed by atoms with Crippen LogP contribution in [0.1, 0.15) is 24.8 Å². The Bertz CT molecular complexity index is 528. The van der Waals surface area contributed by atoms with Crippen molar-refractivity contribution in [1.82, 2.24) is 10.2 Å². The lowest BCUT2D eigenvalue weighted by Crippen LogP contribution is -2.35. The van der Waals surface area contributed by atoms with E-state index in [1.54, 1.807) is 0 Å². The summed E-state index contributed by atoms with van der Waals surface area (Å²) >= 11 is 0. The molecule has 1 aliphatic heterocycles. The van der Waals surface area contributed by atoms with Gasteiger partial charge in [-0.1, -0.05) is 30.3 Å². The maximum Gasteiger partial charge on any atom is 0.225 e. The van der Waals surface area contributed by atoms with Gasteiger partial charge in [-0.15, -0.1) is 0 Å². The van der Waals surface area contributed by atoms with Gasteiger partial charge < -0.3 is 15.0 Å². The van der Waals surface area contributed by atoms with Crippen LogP contribution in [0.25, 0.3) is 0 Å². The number of carbonyl (C=O) groups is 2. The van der Waals surface area contributed by atoms with E-state index in [1.807, 2.05) is 35.2 Å². The fourth-order valence-corrected chi connectivity index (χ4v) is 2.80. The number of nitrogens with one attached hydrogen (secondary N) is 1. The van der Waals surface area contributed by atoms with E-state index >= 15 is 0 Å². The number of nitrogens with zero attached hydrogens (tertiary/aromatic N) is 1. The summed E-state index contributed by atoms with van der Waals surface area (Å²) in [5.41, 5.74) is 1.12. The Morgan fingerprint density at radius 1 is 1.27 bits per heavy atom. The van der Waals surface area contributed by atoms with Crippen LogP contribution in [0.15, 0.2) is 30.3 Å². The van der Waals surface area contributed by atoms with E-state index in [4.69, 9.17) is 4.74 Å². The molecule has 1 aliphatic carbocycles. The number of hydrogen-bond donors (Lipinski definition) is 1. The molecule has 1 saturated carbocycles. The highest BCUT2D eigenvalue weighted by Gasteiger charge is 2.41. The standard InChI is InChI=1S/C17H22N2O3/c20-16-10-14(11-19(16)15-6-7-15)17(21)18-8-9-22-12-13-4-2-1-3-5-13/h1-5,14-15H,6-12H2,(H,18,21)/t14-/m1/s1. The summed E-state index contributed by atoms with van der Waals surface area (Å²) < 4.78 is 5.53. The van der Waals surface area contributed by atoms with Crippen molar-refractivity contribution < 1.29 is 14.3 Å². The summed E-state index contributed by atoms with van der Waals surface area (Å²) in [5.74, 6) is -0.0926. The third-order valence-electron chi connectivity index (χ3n) is 4.17. The zero-order valence-electron chi connectivity index (χ0n) is 12.7. The summed E-state index contributed by atoms with van der Waals surface area (Å²) in [6.07, 6.45) is 2.54. The van der Waals surface area contributed by atoms with E-state index in [0.29, 0.717) is 38.8 Å². The van der Waals surface area contributed by atoms with E-state index in [9.17, 15) is 9.59 Å². The minimum absolute atomic E-state index is 0.0280.